The molecule has 7 heteroatoms. The van der Waals surface area contributed by atoms with Crippen LogP contribution in [0.3, 0.4) is 0 Å². The molecule has 6 nitrogen and oxygen atoms in total. The number of aldehydes is 1. The number of hydrogen-bond donors (Lipinski definition) is 2. The van der Waals surface area contributed by atoms with Gasteiger partial charge in [0.05, 0.1) is 18.4 Å². The van der Waals surface area contributed by atoms with E-state index < -0.39 is 0 Å². The Morgan fingerprint density at radius 1 is 1.19 bits per heavy atom. The molecule has 0 amide bonds. The summed E-state index contributed by atoms with van der Waals surface area (Å²) in [5, 5.41) is 15.2. The summed E-state index contributed by atoms with van der Waals surface area (Å²) in [6.07, 6.45) is 4.32. The number of benzene rings is 2. The summed E-state index contributed by atoms with van der Waals surface area (Å²) in [5.41, 5.74) is 5.64. The molecule has 0 fully saturated rings. The van der Waals surface area contributed by atoms with E-state index in [-0.39, 0.29) is 0 Å². The van der Waals surface area contributed by atoms with Gasteiger partial charge in [0, 0.05) is 50.4 Å². The average molecular weight is 439 g/mol. The molecule has 0 bridgehead atoms. The van der Waals surface area contributed by atoms with Crippen LogP contribution in [0.1, 0.15) is 21.5 Å². The van der Waals surface area contributed by atoms with Crippen molar-refractivity contribution in [2.24, 2.45) is 0 Å². The molecular weight excluding hydrogens is 420 g/mol. The van der Waals surface area contributed by atoms with Crippen LogP contribution in [0, 0.1) is 18.3 Å². The van der Waals surface area contributed by atoms with Crippen LogP contribution in [-0.4, -0.2) is 23.4 Å². The number of pyridine rings is 1. The predicted molar refractivity (Wildman–Crippen MR) is 128 cm³/mol. The minimum Gasteiger partial charge on any atom is -0.496 e. The van der Waals surface area contributed by atoms with Crippen molar-refractivity contribution in [2.45, 2.75) is 6.92 Å². The summed E-state index contributed by atoms with van der Waals surface area (Å²) < 4.78 is 5.51. The Balaban J connectivity index is 1.68. The highest BCUT2D eigenvalue weighted by Gasteiger charge is 2.17. The third-order valence-electron chi connectivity index (χ3n) is 5.57. The monoisotopic (exact) mass is 438 g/mol. The minimum atomic E-state index is 0.462. The highest BCUT2D eigenvalue weighted by atomic mass is 32.1. The lowest BCUT2D eigenvalue weighted by Gasteiger charge is -2.13. The van der Waals surface area contributed by atoms with Crippen LogP contribution < -0.4 is 10.1 Å². The first-order valence-corrected chi connectivity index (χ1v) is 10.7. The first kappa shape index (κ1) is 19.8. The molecule has 0 spiro atoms. The molecule has 0 saturated heterocycles. The second-order valence-corrected chi connectivity index (χ2v) is 8.40. The predicted octanol–water partition coefficient (Wildman–Crippen LogP) is 6.19. The number of nitrogens with zero attached hydrogens (tertiary/aromatic N) is 2. The van der Waals surface area contributed by atoms with Gasteiger partial charge in [-0.15, -0.1) is 11.3 Å². The van der Waals surface area contributed by atoms with E-state index in [9.17, 15) is 10.1 Å². The molecule has 0 unspecified atom stereocenters. The minimum absolute atomic E-state index is 0.462. The van der Waals surface area contributed by atoms with E-state index in [0.717, 1.165) is 49.1 Å². The van der Waals surface area contributed by atoms with Gasteiger partial charge in [-0.3, -0.25) is 4.79 Å². The van der Waals surface area contributed by atoms with Gasteiger partial charge in [-0.05, 0) is 55.0 Å². The molecule has 0 radical (unpaired) electrons. The molecule has 2 aromatic carbocycles. The molecule has 0 aliphatic carbocycles. The smallest absolute Gasteiger partial charge is 0.150 e. The van der Waals surface area contributed by atoms with Gasteiger partial charge in [0.1, 0.15) is 22.9 Å². The number of hydrogen-bond acceptors (Lipinski definition) is 6. The lowest BCUT2D eigenvalue weighted by atomic mass is 10.1. The van der Waals surface area contributed by atoms with Crippen molar-refractivity contribution in [1.82, 2.24) is 9.97 Å². The van der Waals surface area contributed by atoms with Crippen molar-refractivity contribution >= 4 is 50.1 Å². The van der Waals surface area contributed by atoms with Gasteiger partial charge in [0.25, 0.3) is 0 Å². The molecule has 156 valence electrons. The largest absolute Gasteiger partial charge is 0.496 e. The van der Waals surface area contributed by atoms with Crippen LogP contribution in [-0.2, 0) is 0 Å². The maximum atomic E-state index is 11.3. The summed E-state index contributed by atoms with van der Waals surface area (Å²) >= 11 is 1.49. The van der Waals surface area contributed by atoms with Crippen LogP contribution in [0.2, 0.25) is 0 Å². The molecule has 0 aliphatic heterocycles. The number of anilines is 2. The van der Waals surface area contributed by atoms with Crippen LogP contribution in [0.15, 0.2) is 54.9 Å². The number of nitrogens with one attached hydrogen (secondary N) is 2. The zero-order chi connectivity index (χ0) is 22.2. The van der Waals surface area contributed by atoms with E-state index in [4.69, 9.17) is 4.74 Å². The van der Waals surface area contributed by atoms with E-state index in [0.29, 0.717) is 22.6 Å². The zero-order valence-electron chi connectivity index (χ0n) is 17.4. The first-order chi connectivity index (χ1) is 15.6. The molecule has 32 heavy (non-hydrogen) atoms. The third-order valence-corrected chi connectivity index (χ3v) is 6.65. The van der Waals surface area contributed by atoms with Crippen molar-refractivity contribution in [3.05, 3.63) is 71.5 Å². The molecule has 2 N–H and O–H groups in total. The maximum absolute atomic E-state index is 11.3. The van der Waals surface area contributed by atoms with Gasteiger partial charge >= 0.3 is 0 Å². The van der Waals surface area contributed by atoms with Gasteiger partial charge in [0.2, 0.25) is 0 Å². The Hall–Kier alpha value is -4.15. The van der Waals surface area contributed by atoms with Crippen LogP contribution >= 0.6 is 11.3 Å². The fourth-order valence-electron chi connectivity index (χ4n) is 3.89. The number of carbonyl (C=O) groups is 1. The van der Waals surface area contributed by atoms with E-state index >= 15 is 0 Å². The quantitative estimate of drug-likeness (QED) is 0.319. The Morgan fingerprint density at radius 2 is 2.06 bits per heavy atom. The molecule has 0 saturated carbocycles. The van der Waals surface area contributed by atoms with Gasteiger partial charge in [-0.2, -0.15) is 5.26 Å². The van der Waals surface area contributed by atoms with E-state index in [2.05, 4.69) is 28.3 Å². The lowest BCUT2D eigenvalue weighted by molar-refractivity contribution is 0.112. The summed E-state index contributed by atoms with van der Waals surface area (Å²) in [6, 6.07) is 15.6. The number of fused-ring (bicyclic) bond motifs is 2. The standard InChI is InChI=1S/C25H18N4O2S/c1-14-17-7-8-27-21(17)5-4-20(14)29-24-16(11-26)12-28-25-19(24)10-23(32-25)18-9-15(13-30)3-6-22(18)31-2/h3-10,12-13,27H,1-2H3,(H,28,29). The number of ether oxygens (including phenoxy) is 1. The molecule has 3 aromatic heterocycles. The third kappa shape index (κ3) is 3.18. The molecule has 3 heterocycles. The highest BCUT2D eigenvalue weighted by Crippen LogP contribution is 2.42. The van der Waals surface area contributed by atoms with E-state index in [1.165, 1.54) is 11.3 Å². The summed E-state index contributed by atoms with van der Waals surface area (Å²) in [7, 11) is 1.60. The fraction of sp³-hybridized carbons (Fsp3) is 0.0800. The normalized spacial score (nSPS) is 10.9. The number of rotatable bonds is 5. The maximum Gasteiger partial charge on any atom is 0.150 e. The summed E-state index contributed by atoms with van der Waals surface area (Å²) in [6.45, 7) is 2.05. The van der Waals surface area contributed by atoms with E-state index in [1.54, 1.807) is 31.5 Å². The van der Waals surface area contributed by atoms with Gasteiger partial charge in [-0.25, -0.2) is 4.98 Å². The fourth-order valence-corrected chi connectivity index (χ4v) is 4.92. The highest BCUT2D eigenvalue weighted by molar-refractivity contribution is 7.22. The first-order valence-electron chi connectivity index (χ1n) is 9.93. The summed E-state index contributed by atoms with van der Waals surface area (Å²) in [5.74, 6) is 0.672. The van der Waals surface area contributed by atoms with Crippen molar-refractivity contribution in [1.29, 1.82) is 5.26 Å². The Kier molecular flexibility index (Phi) is 4.85. The van der Waals surface area contributed by atoms with Gasteiger partial charge < -0.3 is 15.0 Å². The van der Waals surface area contributed by atoms with Crippen LogP contribution in [0.5, 0.6) is 5.75 Å². The Bertz CT molecular complexity index is 1540. The number of H-pyrrole nitrogens is 1. The summed E-state index contributed by atoms with van der Waals surface area (Å²) in [4.78, 5) is 20.7. The number of thiophene rings is 1. The van der Waals surface area contributed by atoms with Gasteiger partial charge in [-0.1, -0.05) is 0 Å². The Labute approximate surface area is 188 Å². The van der Waals surface area contributed by atoms with Gasteiger partial charge in [0.15, 0.2) is 0 Å². The van der Waals surface area contributed by atoms with Crippen LogP contribution in [0.25, 0.3) is 31.6 Å². The van der Waals surface area contributed by atoms with Crippen molar-refractivity contribution < 1.29 is 9.53 Å². The number of aryl methyl sites for hydroxylation is 1. The SMILES string of the molecule is COc1ccc(C=O)cc1-c1cc2c(Nc3ccc4[nH]ccc4c3C)c(C#N)cnc2s1. The second kappa shape index (κ2) is 7.84. The number of aromatic nitrogens is 2. The topological polar surface area (TPSA) is 90.8 Å². The molecular formula is C25H18N4O2S. The number of nitriles is 1. The molecule has 0 aliphatic rings. The lowest BCUT2D eigenvalue weighted by Crippen LogP contribution is -1.97. The molecule has 0 atom stereocenters. The van der Waals surface area contributed by atoms with E-state index in [1.807, 2.05) is 30.5 Å². The number of methoxy groups -OCH3 is 1. The van der Waals surface area contributed by atoms with Crippen molar-refractivity contribution in [3.8, 4) is 22.3 Å². The zero-order valence-corrected chi connectivity index (χ0v) is 18.2. The number of carbonyl (C=O) groups excluding carboxylic acids is 1. The molecule has 5 rings (SSSR count). The van der Waals surface area contributed by atoms with Crippen molar-refractivity contribution in [2.75, 3.05) is 12.4 Å². The average Bonchev–Trinajstić information content (AvgIpc) is 3.48. The van der Waals surface area contributed by atoms with Crippen molar-refractivity contribution in [3.63, 3.8) is 0 Å². The second-order valence-electron chi connectivity index (χ2n) is 7.37. The molecule has 5 aromatic rings. The van der Waals surface area contributed by atoms with Crippen LogP contribution in [0.4, 0.5) is 11.4 Å². The number of aromatic amines is 1. The Morgan fingerprint density at radius 3 is 2.84 bits per heavy atom.